The van der Waals surface area contributed by atoms with Gasteiger partial charge < -0.3 is 14.6 Å². The molecular weight excluding hydrogens is 302 g/mol. The second-order valence-corrected chi connectivity index (χ2v) is 8.29. The van der Waals surface area contributed by atoms with Crippen molar-refractivity contribution in [3.63, 3.8) is 0 Å². The summed E-state index contributed by atoms with van der Waals surface area (Å²) in [7, 11) is 1.90. The molecule has 0 bridgehead atoms. The standard InChI is InChI=1S/C19H29N3O2/c1-13(2)12-14-15(18(14,3)4)16(23)22-9-6-19(24,7-10-22)17-20-8-11-21(17)5/h8,11-12,14-15,24H,6-7,9-10H2,1-5H3. The second-order valence-electron chi connectivity index (χ2n) is 8.29. The number of nitrogens with zero attached hydrogens (tertiary/aromatic N) is 3. The van der Waals surface area contributed by atoms with Gasteiger partial charge >= 0.3 is 0 Å². The van der Waals surface area contributed by atoms with Gasteiger partial charge in [-0.2, -0.15) is 0 Å². The average Bonchev–Trinajstić information content (AvgIpc) is 2.83. The maximum atomic E-state index is 12.9. The Kier molecular flexibility index (Phi) is 4.11. The molecule has 5 nitrogen and oxygen atoms in total. The van der Waals surface area contributed by atoms with Crippen LogP contribution >= 0.6 is 0 Å². The summed E-state index contributed by atoms with van der Waals surface area (Å²) in [5.41, 5.74) is 0.390. The summed E-state index contributed by atoms with van der Waals surface area (Å²) in [5, 5.41) is 10.9. The predicted octanol–water partition coefficient (Wildman–Crippen LogP) is 2.47. The first-order valence-corrected chi connectivity index (χ1v) is 8.81. The van der Waals surface area contributed by atoms with Crippen LogP contribution in [0.15, 0.2) is 24.0 Å². The third-order valence-electron chi connectivity index (χ3n) is 5.83. The Balaban J connectivity index is 1.66. The fourth-order valence-electron chi connectivity index (χ4n) is 4.15. The number of piperidine rings is 1. The summed E-state index contributed by atoms with van der Waals surface area (Å²) in [4.78, 5) is 19.2. The van der Waals surface area contributed by atoms with E-state index in [-0.39, 0.29) is 17.2 Å². The number of carbonyl (C=O) groups excluding carboxylic acids is 1. The first-order valence-electron chi connectivity index (χ1n) is 8.81. The van der Waals surface area contributed by atoms with E-state index in [1.54, 1.807) is 6.20 Å². The molecule has 1 aromatic heterocycles. The summed E-state index contributed by atoms with van der Waals surface area (Å²) in [5.74, 6) is 1.35. The molecule has 1 saturated carbocycles. The molecule has 1 aliphatic carbocycles. The molecule has 2 unspecified atom stereocenters. The minimum Gasteiger partial charge on any atom is -0.382 e. The van der Waals surface area contributed by atoms with E-state index in [2.05, 4.69) is 38.8 Å². The van der Waals surface area contributed by atoms with E-state index in [0.29, 0.717) is 37.7 Å². The molecule has 2 atom stereocenters. The van der Waals surface area contributed by atoms with Crippen molar-refractivity contribution >= 4 is 5.91 Å². The molecule has 132 valence electrons. The number of carbonyl (C=O) groups is 1. The third-order valence-corrected chi connectivity index (χ3v) is 5.83. The third kappa shape index (κ3) is 2.79. The van der Waals surface area contributed by atoms with Crippen molar-refractivity contribution in [2.75, 3.05) is 13.1 Å². The van der Waals surface area contributed by atoms with Gasteiger partial charge in [0.15, 0.2) is 0 Å². The number of aliphatic hydroxyl groups is 1. The molecule has 2 aliphatic rings. The SMILES string of the molecule is CC(C)=CC1C(C(=O)N2CCC(O)(c3nccn3C)CC2)C1(C)C. The number of hydrogen-bond donors (Lipinski definition) is 1. The van der Waals surface area contributed by atoms with E-state index in [0.717, 1.165) is 0 Å². The lowest BCUT2D eigenvalue weighted by atomic mass is 9.90. The number of likely N-dealkylation sites (tertiary alicyclic amines) is 1. The highest BCUT2D eigenvalue weighted by atomic mass is 16.3. The number of allylic oxidation sites excluding steroid dienone is 2. The maximum Gasteiger partial charge on any atom is 0.226 e. The van der Waals surface area contributed by atoms with E-state index in [4.69, 9.17) is 0 Å². The number of hydrogen-bond acceptors (Lipinski definition) is 3. The van der Waals surface area contributed by atoms with Gasteiger partial charge in [-0.05, 0) is 25.2 Å². The zero-order chi connectivity index (χ0) is 17.7. The topological polar surface area (TPSA) is 58.4 Å². The number of imidazole rings is 1. The Hall–Kier alpha value is -1.62. The average molecular weight is 331 g/mol. The Morgan fingerprint density at radius 2 is 1.96 bits per heavy atom. The van der Waals surface area contributed by atoms with E-state index in [9.17, 15) is 9.90 Å². The maximum absolute atomic E-state index is 12.9. The van der Waals surface area contributed by atoms with E-state index >= 15 is 0 Å². The Morgan fingerprint density at radius 1 is 1.33 bits per heavy atom. The van der Waals surface area contributed by atoms with Crippen molar-refractivity contribution in [1.82, 2.24) is 14.5 Å². The lowest BCUT2D eigenvalue weighted by Crippen LogP contribution is -2.47. The van der Waals surface area contributed by atoms with E-state index in [1.165, 1.54) is 5.57 Å². The molecular formula is C19H29N3O2. The van der Waals surface area contributed by atoms with Crippen LogP contribution in [0, 0.1) is 17.3 Å². The second kappa shape index (κ2) is 5.73. The smallest absolute Gasteiger partial charge is 0.226 e. The van der Waals surface area contributed by atoms with Gasteiger partial charge in [-0.15, -0.1) is 0 Å². The highest BCUT2D eigenvalue weighted by Crippen LogP contribution is 2.60. The highest BCUT2D eigenvalue weighted by molar-refractivity contribution is 5.84. The molecule has 24 heavy (non-hydrogen) atoms. The van der Waals surface area contributed by atoms with Gasteiger partial charge in [0.2, 0.25) is 5.91 Å². The van der Waals surface area contributed by atoms with Crippen LogP contribution in [0.4, 0.5) is 0 Å². The van der Waals surface area contributed by atoms with Crippen molar-refractivity contribution in [1.29, 1.82) is 0 Å². The monoisotopic (exact) mass is 331 g/mol. The van der Waals surface area contributed by atoms with Crippen LogP contribution in [0.2, 0.25) is 0 Å². The van der Waals surface area contributed by atoms with E-state index < -0.39 is 5.60 Å². The Morgan fingerprint density at radius 3 is 2.46 bits per heavy atom. The normalized spacial score (nSPS) is 27.7. The van der Waals surface area contributed by atoms with Gasteiger partial charge in [0, 0.05) is 45.4 Å². The molecule has 3 rings (SSSR count). The lowest BCUT2D eigenvalue weighted by Gasteiger charge is -2.38. The minimum atomic E-state index is -0.923. The van der Waals surface area contributed by atoms with Gasteiger partial charge in [-0.1, -0.05) is 25.5 Å². The van der Waals surface area contributed by atoms with Gasteiger partial charge in [0.05, 0.1) is 5.92 Å². The molecule has 0 spiro atoms. The first-order chi connectivity index (χ1) is 11.2. The van der Waals surface area contributed by atoms with Crippen LogP contribution in [0.5, 0.6) is 0 Å². The molecule has 2 fully saturated rings. The summed E-state index contributed by atoms with van der Waals surface area (Å²) in [6.07, 6.45) is 6.88. The molecule has 2 heterocycles. The molecule has 5 heteroatoms. The quantitative estimate of drug-likeness (QED) is 0.866. The Bertz CT molecular complexity index is 662. The zero-order valence-corrected chi connectivity index (χ0v) is 15.4. The largest absolute Gasteiger partial charge is 0.382 e. The van der Waals surface area contributed by atoms with Crippen molar-refractivity contribution in [3.05, 3.63) is 29.9 Å². The molecule has 1 N–H and O–H groups in total. The van der Waals surface area contributed by atoms with Crippen molar-refractivity contribution in [2.24, 2.45) is 24.3 Å². The summed E-state index contributed by atoms with van der Waals surface area (Å²) in [6.45, 7) is 9.71. The predicted molar refractivity (Wildman–Crippen MR) is 93.1 cm³/mol. The molecule has 0 aromatic carbocycles. The van der Waals surface area contributed by atoms with E-state index in [1.807, 2.05) is 22.7 Å². The minimum absolute atomic E-state index is 0.0434. The van der Waals surface area contributed by atoms with Gasteiger partial charge in [-0.25, -0.2) is 4.98 Å². The van der Waals surface area contributed by atoms with Crippen molar-refractivity contribution < 1.29 is 9.90 Å². The Labute approximate surface area is 144 Å². The van der Waals surface area contributed by atoms with Crippen LogP contribution < -0.4 is 0 Å². The molecule has 1 aromatic rings. The van der Waals surface area contributed by atoms with Crippen LogP contribution in [-0.2, 0) is 17.4 Å². The lowest BCUT2D eigenvalue weighted by molar-refractivity contribution is -0.138. The van der Waals surface area contributed by atoms with Gasteiger partial charge in [0.1, 0.15) is 11.4 Å². The van der Waals surface area contributed by atoms with Crippen LogP contribution in [0.3, 0.4) is 0 Å². The molecule has 0 radical (unpaired) electrons. The van der Waals surface area contributed by atoms with Gasteiger partial charge in [-0.3, -0.25) is 4.79 Å². The van der Waals surface area contributed by atoms with Crippen LogP contribution in [0.25, 0.3) is 0 Å². The number of amides is 1. The first kappa shape index (κ1) is 17.2. The van der Waals surface area contributed by atoms with Crippen LogP contribution in [-0.4, -0.2) is 38.6 Å². The molecule has 1 aliphatic heterocycles. The fraction of sp³-hybridized carbons (Fsp3) is 0.684. The molecule has 1 saturated heterocycles. The fourth-order valence-corrected chi connectivity index (χ4v) is 4.15. The number of aryl methyl sites for hydroxylation is 1. The highest BCUT2D eigenvalue weighted by Gasteiger charge is 2.61. The van der Waals surface area contributed by atoms with Gasteiger partial charge in [0.25, 0.3) is 0 Å². The number of rotatable bonds is 3. The summed E-state index contributed by atoms with van der Waals surface area (Å²) < 4.78 is 1.87. The van der Waals surface area contributed by atoms with Crippen molar-refractivity contribution in [3.8, 4) is 0 Å². The summed E-state index contributed by atoms with van der Waals surface area (Å²) in [6, 6.07) is 0. The molecule has 1 amide bonds. The van der Waals surface area contributed by atoms with Crippen LogP contribution in [0.1, 0.15) is 46.4 Å². The van der Waals surface area contributed by atoms with Crippen molar-refractivity contribution in [2.45, 2.75) is 46.1 Å². The summed E-state index contributed by atoms with van der Waals surface area (Å²) >= 11 is 0. The number of aromatic nitrogens is 2. The zero-order valence-electron chi connectivity index (χ0n) is 15.4.